The van der Waals surface area contributed by atoms with Gasteiger partial charge in [-0.2, -0.15) is 4.89 Å². The summed E-state index contributed by atoms with van der Waals surface area (Å²) >= 11 is 0. The minimum atomic E-state index is 0.358. The van der Waals surface area contributed by atoms with Crippen LogP contribution in [0.5, 0.6) is 0 Å². The molecule has 5 heteroatoms. The number of hydrogen-bond donors (Lipinski definition) is 0. The second kappa shape index (κ2) is 10.3. The summed E-state index contributed by atoms with van der Waals surface area (Å²) in [5.41, 5.74) is 0. The molecule has 1 aliphatic heterocycles. The van der Waals surface area contributed by atoms with E-state index >= 15 is 0 Å². The number of allylic oxidation sites excluding steroid dienone is 3. The van der Waals surface area contributed by atoms with Crippen LogP contribution in [0.15, 0.2) is 64.1 Å². The van der Waals surface area contributed by atoms with Gasteiger partial charge in [-0.15, -0.1) is 0 Å². The number of aliphatic imine (C=N–C) groups is 3. The Hall–Kier alpha value is -2.27. The van der Waals surface area contributed by atoms with E-state index in [0.29, 0.717) is 6.61 Å². The Kier molecular flexibility index (Phi) is 7.72. The van der Waals surface area contributed by atoms with Crippen LogP contribution >= 0.6 is 0 Å². The monoisotopic (exact) mass is 231 g/mol. The van der Waals surface area contributed by atoms with E-state index in [1.807, 2.05) is 0 Å². The summed E-state index contributed by atoms with van der Waals surface area (Å²) in [7, 11) is 0. The second-order valence-electron chi connectivity index (χ2n) is 2.67. The molecular weight excluding hydrogens is 218 g/mol. The normalized spacial score (nSPS) is 26.4. The van der Waals surface area contributed by atoms with E-state index < -0.39 is 0 Å². The molecule has 88 valence electrons. The molecular formula is C12H13N3O2. The minimum Gasteiger partial charge on any atom is -0.345 e. The fourth-order valence-corrected chi connectivity index (χ4v) is 0.771. The highest BCUT2D eigenvalue weighted by molar-refractivity contribution is 6.16. The van der Waals surface area contributed by atoms with Gasteiger partial charge in [0.25, 0.3) is 0 Å². The van der Waals surface area contributed by atoms with Crippen LogP contribution in [0.4, 0.5) is 0 Å². The first-order valence-corrected chi connectivity index (χ1v) is 4.98. The van der Waals surface area contributed by atoms with Crippen molar-refractivity contribution in [2.24, 2.45) is 15.0 Å². The fourth-order valence-electron chi connectivity index (χ4n) is 0.771. The van der Waals surface area contributed by atoms with Crippen LogP contribution in [0.1, 0.15) is 0 Å². The number of nitrogens with zero attached hydrogens (tertiary/aromatic N) is 3. The summed E-state index contributed by atoms with van der Waals surface area (Å²) in [5, 5.41) is 0. The zero-order valence-electron chi connectivity index (χ0n) is 9.22. The zero-order chi connectivity index (χ0) is 12.0. The van der Waals surface area contributed by atoms with Gasteiger partial charge in [0.05, 0.1) is 0 Å². The van der Waals surface area contributed by atoms with Crippen LogP contribution in [-0.2, 0) is 9.78 Å². The molecule has 0 amide bonds. The van der Waals surface area contributed by atoms with Gasteiger partial charge in [-0.1, -0.05) is 12.2 Å². The lowest BCUT2D eigenvalue weighted by atomic mass is 10.5. The van der Waals surface area contributed by atoms with Crippen LogP contribution in [0.3, 0.4) is 0 Å². The first-order chi connectivity index (χ1) is 8.50. The van der Waals surface area contributed by atoms with Crippen LogP contribution in [0.25, 0.3) is 0 Å². The predicted molar refractivity (Wildman–Crippen MR) is 69.1 cm³/mol. The molecule has 1 rings (SSSR count). The van der Waals surface area contributed by atoms with Crippen molar-refractivity contribution in [3.63, 3.8) is 0 Å². The fraction of sp³-hybridized carbons (Fsp3) is 0.0833. The molecule has 0 radical (unpaired) electrons. The second-order valence-corrected chi connectivity index (χ2v) is 2.67. The first kappa shape index (κ1) is 12.8. The highest BCUT2D eigenvalue weighted by Crippen LogP contribution is 1.84. The van der Waals surface area contributed by atoms with E-state index in [9.17, 15) is 0 Å². The average Bonchev–Trinajstić information content (AvgIpc) is 2.35. The molecule has 0 aromatic rings. The Balaban J connectivity index is 2.54. The van der Waals surface area contributed by atoms with Crippen LogP contribution in [0, 0.1) is 0 Å². The van der Waals surface area contributed by atoms with Crippen LogP contribution in [-0.4, -0.2) is 25.3 Å². The van der Waals surface area contributed by atoms with Crippen molar-refractivity contribution < 1.29 is 9.78 Å². The van der Waals surface area contributed by atoms with Gasteiger partial charge in [0.15, 0.2) is 0 Å². The van der Waals surface area contributed by atoms with Crippen molar-refractivity contribution in [1.82, 2.24) is 0 Å². The Morgan fingerprint density at radius 2 is 1.53 bits per heavy atom. The van der Waals surface area contributed by atoms with E-state index in [-0.39, 0.29) is 0 Å². The van der Waals surface area contributed by atoms with Gasteiger partial charge in [-0.05, 0) is 12.2 Å². The maximum Gasteiger partial charge on any atom is 0.131 e. The van der Waals surface area contributed by atoms with E-state index in [1.165, 1.54) is 6.26 Å². The summed E-state index contributed by atoms with van der Waals surface area (Å²) in [6, 6.07) is 0. The number of hydrogen-bond acceptors (Lipinski definition) is 5. The third-order valence-corrected chi connectivity index (χ3v) is 1.44. The summed E-state index contributed by atoms with van der Waals surface area (Å²) in [4.78, 5) is 21.3. The maximum atomic E-state index is 4.81. The molecule has 0 aromatic carbocycles. The summed E-state index contributed by atoms with van der Waals surface area (Å²) in [5.74, 6) is 0. The lowest BCUT2D eigenvalue weighted by Gasteiger charge is -1.93. The average molecular weight is 231 g/mol. The highest BCUT2D eigenvalue weighted by atomic mass is 17.2. The summed E-state index contributed by atoms with van der Waals surface area (Å²) < 4.78 is 0. The zero-order valence-corrected chi connectivity index (χ0v) is 9.22. The van der Waals surface area contributed by atoms with Gasteiger partial charge < -0.3 is 4.89 Å². The Morgan fingerprint density at radius 3 is 2.41 bits per heavy atom. The molecule has 0 spiro atoms. The van der Waals surface area contributed by atoms with Gasteiger partial charge in [0, 0.05) is 37.2 Å². The SMILES string of the molecule is C1=N/C=C\C=C/COO\C=C/C=N\C=C/N=C1. The standard InChI is InChI=1S/C12H13N3O2/c1-2-5-13-7-9-15-10-8-14-6-4-12-17-16-11-3-1/h1-10,12H,11H2/b3-1-,5-2-,10-8-,12-4-,13-7?,14-6-,15-9?. The molecule has 1 heterocycles. The molecule has 0 saturated heterocycles. The van der Waals surface area contributed by atoms with Crippen LogP contribution in [0.2, 0.25) is 0 Å². The minimum absolute atomic E-state index is 0.358. The lowest BCUT2D eigenvalue weighted by Crippen LogP contribution is -1.86. The highest BCUT2D eigenvalue weighted by Gasteiger charge is 1.77. The Bertz CT molecular complexity index is 355. The molecule has 0 atom stereocenters. The van der Waals surface area contributed by atoms with Gasteiger partial charge >= 0.3 is 0 Å². The maximum absolute atomic E-state index is 4.81. The van der Waals surface area contributed by atoms with Crippen molar-refractivity contribution >= 4 is 18.6 Å². The van der Waals surface area contributed by atoms with Crippen molar-refractivity contribution in [1.29, 1.82) is 0 Å². The molecule has 5 nitrogen and oxygen atoms in total. The smallest absolute Gasteiger partial charge is 0.131 e. The molecule has 0 aliphatic carbocycles. The summed E-state index contributed by atoms with van der Waals surface area (Å²) in [6.45, 7) is 0.358. The molecule has 0 bridgehead atoms. The number of rotatable bonds is 0. The summed E-state index contributed by atoms with van der Waals surface area (Å²) in [6.07, 6.45) is 17.8. The van der Waals surface area contributed by atoms with Crippen molar-refractivity contribution in [3.05, 3.63) is 49.2 Å². The topological polar surface area (TPSA) is 55.5 Å². The van der Waals surface area contributed by atoms with Crippen molar-refractivity contribution in [3.8, 4) is 0 Å². The van der Waals surface area contributed by atoms with Gasteiger partial charge in [-0.3, -0.25) is 15.0 Å². The molecule has 0 fully saturated rings. The Morgan fingerprint density at radius 1 is 0.765 bits per heavy atom. The first-order valence-electron chi connectivity index (χ1n) is 4.98. The molecule has 0 aromatic heterocycles. The molecule has 0 unspecified atom stereocenters. The lowest BCUT2D eigenvalue weighted by molar-refractivity contribution is -0.238. The quantitative estimate of drug-likeness (QED) is 0.600. The van der Waals surface area contributed by atoms with Crippen molar-refractivity contribution in [2.45, 2.75) is 0 Å². The molecule has 1 aliphatic rings. The van der Waals surface area contributed by atoms with Crippen molar-refractivity contribution in [2.75, 3.05) is 6.61 Å². The molecule has 0 N–H and O–H groups in total. The van der Waals surface area contributed by atoms with E-state index in [1.54, 1.807) is 61.5 Å². The van der Waals surface area contributed by atoms with Gasteiger partial charge in [0.2, 0.25) is 0 Å². The van der Waals surface area contributed by atoms with Gasteiger partial charge in [0.1, 0.15) is 12.9 Å². The third-order valence-electron chi connectivity index (χ3n) is 1.44. The third kappa shape index (κ3) is 8.71. The van der Waals surface area contributed by atoms with Gasteiger partial charge in [-0.25, -0.2) is 0 Å². The largest absolute Gasteiger partial charge is 0.345 e. The van der Waals surface area contributed by atoms with Crippen LogP contribution < -0.4 is 0 Å². The molecule has 17 heavy (non-hydrogen) atoms. The van der Waals surface area contributed by atoms with E-state index in [0.717, 1.165) is 0 Å². The van der Waals surface area contributed by atoms with E-state index in [2.05, 4.69) is 15.0 Å². The molecule has 0 saturated carbocycles. The Labute approximate surface area is 99.8 Å². The van der Waals surface area contributed by atoms with E-state index in [4.69, 9.17) is 9.78 Å². The predicted octanol–water partition coefficient (Wildman–Crippen LogP) is 2.22.